The van der Waals surface area contributed by atoms with Gasteiger partial charge in [-0.25, -0.2) is 0 Å². The first kappa shape index (κ1) is 13.6. The number of nitrogens with zero attached hydrogens (tertiary/aromatic N) is 2. The van der Waals surface area contributed by atoms with E-state index in [1.54, 1.807) is 6.07 Å². The minimum Gasteiger partial charge on any atom is -0.473 e. The van der Waals surface area contributed by atoms with Crippen LogP contribution in [-0.4, -0.2) is 44.6 Å². The number of amides is 1. The third-order valence-electron chi connectivity index (χ3n) is 5.01. The second kappa shape index (κ2) is 4.58. The smallest absolute Gasteiger partial charge is 0.272 e. The van der Waals surface area contributed by atoms with E-state index in [1.165, 1.54) is 28.1 Å². The average molecular weight is 322 g/mol. The van der Waals surface area contributed by atoms with E-state index >= 15 is 0 Å². The van der Waals surface area contributed by atoms with Gasteiger partial charge in [0, 0.05) is 11.8 Å². The zero-order valence-electron chi connectivity index (χ0n) is 12.6. The molecule has 5 rings (SSSR count). The molecule has 0 radical (unpaired) electrons. The first-order valence-electron chi connectivity index (χ1n) is 7.83. The number of carbonyl (C=O) groups is 2. The van der Waals surface area contributed by atoms with Crippen LogP contribution in [0.2, 0.25) is 0 Å². The summed E-state index contributed by atoms with van der Waals surface area (Å²) >= 11 is 0. The van der Waals surface area contributed by atoms with Gasteiger partial charge in [-0.2, -0.15) is 0 Å². The Hall–Kier alpha value is -2.86. The Bertz CT molecular complexity index is 955. The highest BCUT2D eigenvalue weighted by molar-refractivity contribution is 6.11. The molecule has 1 N–H and O–H groups in total. The molecular formula is C18H14N2O4. The van der Waals surface area contributed by atoms with E-state index in [1.807, 2.05) is 24.3 Å². The van der Waals surface area contributed by atoms with Crippen LogP contribution in [0.4, 0.5) is 0 Å². The number of benzene rings is 1. The summed E-state index contributed by atoms with van der Waals surface area (Å²) < 4.78 is 6.73. The lowest BCUT2D eigenvalue weighted by Gasteiger charge is -2.34. The van der Waals surface area contributed by atoms with Gasteiger partial charge in [-0.3, -0.25) is 14.2 Å². The Kier molecular flexibility index (Phi) is 2.59. The molecule has 120 valence electrons. The predicted molar refractivity (Wildman–Crippen MR) is 85.2 cm³/mol. The molecule has 3 aliphatic heterocycles. The Balaban J connectivity index is 1.71. The predicted octanol–water partition coefficient (Wildman–Crippen LogP) is 1.67. The van der Waals surface area contributed by atoms with Crippen molar-refractivity contribution in [3.8, 4) is 0 Å². The number of aromatic nitrogens is 1. The van der Waals surface area contributed by atoms with E-state index < -0.39 is 18.2 Å². The minimum absolute atomic E-state index is 0.143. The lowest BCUT2D eigenvalue weighted by molar-refractivity contribution is 0.0410. The van der Waals surface area contributed by atoms with Gasteiger partial charge < -0.3 is 14.7 Å². The maximum absolute atomic E-state index is 13.1. The molecule has 24 heavy (non-hydrogen) atoms. The first-order chi connectivity index (χ1) is 11.7. The van der Waals surface area contributed by atoms with Crippen molar-refractivity contribution in [2.45, 2.75) is 24.6 Å². The molecule has 0 aliphatic carbocycles. The summed E-state index contributed by atoms with van der Waals surface area (Å²) in [7, 11) is 0. The number of rotatable bonds is 0. The molecule has 2 aromatic rings. The maximum Gasteiger partial charge on any atom is 0.272 e. The van der Waals surface area contributed by atoms with Crippen LogP contribution >= 0.6 is 0 Å². The van der Waals surface area contributed by atoms with Gasteiger partial charge >= 0.3 is 0 Å². The quantitative estimate of drug-likeness (QED) is 0.801. The molecule has 0 saturated carbocycles. The van der Waals surface area contributed by atoms with Crippen molar-refractivity contribution in [1.29, 1.82) is 0 Å². The Morgan fingerprint density at radius 2 is 2.04 bits per heavy atom. The lowest BCUT2D eigenvalue weighted by Crippen LogP contribution is -2.54. The summed E-state index contributed by atoms with van der Waals surface area (Å²) in [4.78, 5) is 27.6. The molecule has 0 spiro atoms. The number of carbonyl (C=O) groups excluding carboxylic acids is 2. The number of aliphatic hydroxyl groups excluding tert-OH is 1. The monoisotopic (exact) mass is 322 g/mol. The van der Waals surface area contributed by atoms with Gasteiger partial charge in [-0.1, -0.05) is 18.2 Å². The molecule has 1 aromatic heterocycles. The molecule has 6 heteroatoms. The van der Waals surface area contributed by atoms with E-state index in [2.05, 4.69) is 0 Å². The van der Waals surface area contributed by atoms with E-state index in [4.69, 9.17) is 4.74 Å². The normalized spacial score (nSPS) is 28.1. The average Bonchev–Trinajstić information content (AvgIpc) is 3.11. The molecule has 4 heterocycles. The van der Waals surface area contributed by atoms with Crippen LogP contribution in [0.15, 0.2) is 54.5 Å². The van der Waals surface area contributed by atoms with Crippen molar-refractivity contribution in [2.75, 3.05) is 0 Å². The van der Waals surface area contributed by atoms with Crippen LogP contribution in [0.5, 0.6) is 0 Å². The molecule has 1 saturated heterocycles. The lowest BCUT2D eigenvalue weighted by atomic mass is 10.0. The number of aliphatic hydroxyl groups is 1. The number of ether oxygens (including phenoxy) is 1. The van der Waals surface area contributed by atoms with Crippen molar-refractivity contribution in [2.24, 2.45) is 0 Å². The topological polar surface area (TPSA) is 71.8 Å². The van der Waals surface area contributed by atoms with Crippen molar-refractivity contribution in [3.63, 3.8) is 0 Å². The van der Waals surface area contributed by atoms with Crippen LogP contribution in [0.1, 0.15) is 21.7 Å². The van der Waals surface area contributed by atoms with Gasteiger partial charge in [0.25, 0.3) is 11.8 Å². The standard InChI is InChI=1S/C18H14N2O4/c21-15-5-6-24-9-11-8-14-17(22)19-12-4-2-1-3-10(12)7-13(19)18(23)20(14)16(11)15/h1-7,9,14-16,21H,8H2/t14-,15-,16-/m0/s1. The molecule has 1 fully saturated rings. The van der Waals surface area contributed by atoms with Gasteiger partial charge in [0.2, 0.25) is 0 Å². The van der Waals surface area contributed by atoms with Crippen LogP contribution in [0.3, 0.4) is 0 Å². The number of hydrogen-bond acceptors (Lipinski definition) is 4. The SMILES string of the molecule is O=C1c2cc3ccccc3n2C(=O)[C@@H]2CC3=COC=C[C@H](O)[C@H]3N12. The van der Waals surface area contributed by atoms with E-state index in [0.29, 0.717) is 12.1 Å². The van der Waals surface area contributed by atoms with Gasteiger partial charge in [0.1, 0.15) is 11.7 Å². The maximum atomic E-state index is 13.1. The van der Waals surface area contributed by atoms with Crippen molar-refractivity contribution >= 4 is 22.7 Å². The zero-order valence-corrected chi connectivity index (χ0v) is 12.6. The molecule has 1 amide bonds. The summed E-state index contributed by atoms with van der Waals surface area (Å²) in [5.74, 6) is -0.380. The summed E-state index contributed by atoms with van der Waals surface area (Å²) in [5, 5.41) is 11.2. The third kappa shape index (κ3) is 1.58. The third-order valence-corrected chi connectivity index (χ3v) is 5.01. The van der Waals surface area contributed by atoms with Crippen LogP contribution < -0.4 is 0 Å². The molecule has 3 aliphatic rings. The summed E-state index contributed by atoms with van der Waals surface area (Å²) in [6.07, 6.45) is 3.91. The van der Waals surface area contributed by atoms with Gasteiger partial charge in [-0.15, -0.1) is 0 Å². The molecule has 0 bridgehead atoms. The molecule has 3 atom stereocenters. The first-order valence-corrected chi connectivity index (χ1v) is 7.83. The molecule has 1 aromatic carbocycles. The Morgan fingerprint density at radius 1 is 1.21 bits per heavy atom. The highest BCUT2D eigenvalue weighted by atomic mass is 16.5. The fraction of sp³-hybridized carbons (Fsp3) is 0.222. The molecule has 6 nitrogen and oxygen atoms in total. The van der Waals surface area contributed by atoms with E-state index in [0.717, 1.165) is 16.5 Å². The highest BCUT2D eigenvalue weighted by Crippen LogP contribution is 2.39. The number of hydrogen-bond donors (Lipinski definition) is 1. The minimum atomic E-state index is -0.892. The Labute approximate surface area is 137 Å². The van der Waals surface area contributed by atoms with Crippen molar-refractivity contribution in [3.05, 3.63) is 60.2 Å². The summed E-state index contributed by atoms with van der Waals surface area (Å²) in [6, 6.07) is 8.02. The van der Waals surface area contributed by atoms with Gasteiger partial charge in [0.05, 0.1) is 30.2 Å². The second-order valence-corrected chi connectivity index (χ2v) is 6.29. The number of para-hydroxylation sites is 1. The summed E-state index contributed by atoms with van der Waals surface area (Å²) in [5.41, 5.74) is 1.84. The highest BCUT2D eigenvalue weighted by Gasteiger charge is 2.51. The van der Waals surface area contributed by atoms with Crippen molar-refractivity contribution in [1.82, 2.24) is 9.47 Å². The molecule has 0 unspecified atom stereocenters. The Morgan fingerprint density at radius 3 is 2.92 bits per heavy atom. The van der Waals surface area contributed by atoms with Crippen LogP contribution in [0.25, 0.3) is 10.9 Å². The van der Waals surface area contributed by atoms with Gasteiger partial charge in [0.15, 0.2) is 0 Å². The van der Waals surface area contributed by atoms with E-state index in [-0.39, 0.29) is 11.8 Å². The second-order valence-electron chi connectivity index (χ2n) is 6.29. The fourth-order valence-electron chi connectivity index (χ4n) is 3.98. The van der Waals surface area contributed by atoms with Crippen LogP contribution in [0, 0.1) is 0 Å². The largest absolute Gasteiger partial charge is 0.473 e. The fourth-order valence-corrected chi connectivity index (χ4v) is 3.98. The summed E-state index contributed by atoms with van der Waals surface area (Å²) in [6.45, 7) is 0. The van der Waals surface area contributed by atoms with Crippen LogP contribution in [-0.2, 0) is 4.74 Å². The van der Waals surface area contributed by atoms with Crippen molar-refractivity contribution < 1.29 is 19.4 Å². The zero-order chi connectivity index (χ0) is 16.4. The number of fused-ring (bicyclic) bond motifs is 6. The van der Waals surface area contributed by atoms with Gasteiger partial charge in [-0.05, 0) is 23.8 Å². The van der Waals surface area contributed by atoms with E-state index in [9.17, 15) is 14.7 Å². The molecular weight excluding hydrogens is 308 g/mol.